The normalized spacial score (nSPS) is 10.6. The molecule has 0 amide bonds. The Hall–Kier alpha value is -0.610. The second-order valence-corrected chi connectivity index (χ2v) is 4.70. The van der Waals surface area contributed by atoms with E-state index in [0.717, 1.165) is 11.3 Å². The molecule has 0 saturated heterocycles. The van der Waals surface area contributed by atoms with Crippen molar-refractivity contribution in [2.24, 2.45) is 0 Å². The van der Waals surface area contributed by atoms with Crippen LogP contribution in [0.1, 0.15) is 5.01 Å². The monoisotopic (exact) mass is 259 g/mol. The maximum atomic E-state index is 8.91. The van der Waals surface area contributed by atoms with E-state index in [2.05, 4.69) is 4.98 Å². The Morgan fingerprint density at radius 1 is 1.33 bits per heavy atom. The van der Waals surface area contributed by atoms with Gasteiger partial charge in [-0.15, -0.1) is 11.3 Å². The molecule has 0 unspecified atom stereocenters. The van der Waals surface area contributed by atoms with Crippen molar-refractivity contribution in [1.29, 1.82) is 0 Å². The van der Waals surface area contributed by atoms with Crippen molar-refractivity contribution < 1.29 is 5.11 Å². The zero-order valence-electron chi connectivity index (χ0n) is 7.58. The number of hydrogen-bond acceptors (Lipinski definition) is 3. The molecule has 0 fully saturated rings. The molecule has 0 aliphatic heterocycles. The molecule has 1 aromatic carbocycles. The van der Waals surface area contributed by atoms with Gasteiger partial charge in [-0.25, -0.2) is 4.98 Å². The van der Waals surface area contributed by atoms with Gasteiger partial charge < -0.3 is 5.11 Å². The average Bonchev–Trinajstić information content (AvgIpc) is 2.70. The Kier molecular flexibility index (Phi) is 3.26. The Morgan fingerprint density at radius 3 is 2.80 bits per heavy atom. The van der Waals surface area contributed by atoms with Crippen molar-refractivity contribution in [2.75, 3.05) is 0 Å². The highest BCUT2D eigenvalue weighted by Crippen LogP contribution is 2.31. The summed E-state index contributed by atoms with van der Waals surface area (Å²) in [6.07, 6.45) is 0. The SMILES string of the molecule is OCc1nc(-c2cc(Cl)ccc2Cl)cs1. The molecule has 15 heavy (non-hydrogen) atoms. The summed E-state index contributed by atoms with van der Waals surface area (Å²) in [6.45, 7) is -0.0527. The predicted molar refractivity (Wildman–Crippen MR) is 63.5 cm³/mol. The lowest BCUT2D eigenvalue weighted by atomic mass is 10.2. The largest absolute Gasteiger partial charge is 0.389 e. The van der Waals surface area contributed by atoms with E-state index in [4.69, 9.17) is 28.3 Å². The number of aromatic nitrogens is 1. The standard InChI is InChI=1S/C10H7Cl2NOS/c11-6-1-2-8(12)7(3-6)9-5-15-10(4-14)13-9/h1-3,5,14H,4H2. The molecule has 0 saturated carbocycles. The van der Waals surface area contributed by atoms with E-state index >= 15 is 0 Å². The summed E-state index contributed by atoms with van der Waals surface area (Å²) < 4.78 is 0. The van der Waals surface area contributed by atoms with E-state index in [1.54, 1.807) is 18.2 Å². The minimum Gasteiger partial charge on any atom is -0.389 e. The second-order valence-electron chi connectivity index (χ2n) is 2.91. The van der Waals surface area contributed by atoms with E-state index in [-0.39, 0.29) is 6.61 Å². The maximum absolute atomic E-state index is 8.91. The lowest BCUT2D eigenvalue weighted by Gasteiger charge is -2.00. The van der Waals surface area contributed by atoms with Gasteiger partial charge in [-0.05, 0) is 18.2 Å². The molecule has 78 valence electrons. The van der Waals surface area contributed by atoms with E-state index in [1.165, 1.54) is 11.3 Å². The number of nitrogens with zero attached hydrogens (tertiary/aromatic N) is 1. The zero-order valence-corrected chi connectivity index (χ0v) is 9.90. The molecule has 2 rings (SSSR count). The average molecular weight is 260 g/mol. The molecule has 0 radical (unpaired) electrons. The molecular formula is C10H7Cl2NOS. The highest BCUT2D eigenvalue weighted by molar-refractivity contribution is 7.09. The van der Waals surface area contributed by atoms with Gasteiger partial charge in [-0.1, -0.05) is 23.2 Å². The summed E-state index contributed by atoms with van der Waals surface area (Å²) in [5.41, 5.74) is 1.54. The Balaban J connectivity index is 2.48. The number of thiazole rings is 1. The molecule has 2 nitrogen and oxygen atoms in total. The first-order chi connectivity index (χ1) is 7.20. The number of aliphatic hydroxyl groups is 1. The first-order valence-electron chi connectivity index (χ1n) is 4.21. The van der Waals surface area contributed by atoms with Crippen LogP contribution < -0.4 is 0 Å². The fourth-order valence-corrected chi connectivity index (χ4v) is 2.24. The van der Waals surface area contributed by atoms with Crippen LogP contribution in [-0.4, -0.2) is 10.1 Å². The fourth-order valence-electron chi connectivity index (χ4n) is 1.20. The maximum Gasteiger partial charge on any atom is 0.119 e. The van der Waals surface area contributed by atoms with Gasteiger partial charge >= 0.3 is 0 Å². The summed E-state index contributed by atoms with van der Waals surface area (Å²) in [5, 5.41) is 12.7. The Bertz CT molecular complexity index is 484. The van der Waals surface area contributed by atoms with Gasteiger partial charge in [0.15, 0.2) is 0 Å². The number of halogens is 2. The highest BCUT2D eigenvalue weighted by Gasteiger charge is 2.08. The predicted octanol–water partition coefficient (Wildman–Crippen LogP) is 3.61. The summed E-state index contributed by atoms with van der Waals surface area (Å²) in [4.78, 5) is 4.23. The van der Waals surface area contributed by atoms with Crippen molar-refractivity contribution in [3.05, 3.63) is 38.6 Å². The van der Waals surface area contributed by atoms with Gasteiger partial charge in [0.05, 0.1) is 17.3 Å². The zero-order chi connectivity index (χ0) is 10.8. The topological polar surface area (TPSA) is 33.1 Å². The third-order valence-electron chi connectivity index (χ3n) is 1.89. The molecule has 0 spiro atoms. The number of hydrogen-bond donors (Lipinski definition) is 1. The lowest BCUT2D eigenvalue weighted by molar-refractivity contribution is 0.281. The molecule has 0 aliphatic carbocycles. The minimum atomic E-state index is -0.0527. The van der Waals surface area contributed by atoms with Crippen LogP contribution in [0, 0.1) is 0 Å². The molecule has 1 N–H and O–H groups in total. The van der Waals surface area contributed by atoms with Gasteiger partial charge in [0.1, 0.15) is 5.01 Å². The van der Waals surface area contributed by atoms with E-state index in [9.17, 15) is 0 Å². The van der Waals surface area contributed by atoms with Crippen LogP contribution in [0.25, 0.3) is 11.3 Å². The van der Waals surface area contributed by atoms with Gasteiger partial charge in [0, 0.05) is 16.0 Å². The van der Waals surface area contributed by atoms with Gasteiger partial charge in [-0.2, -0.15) is 0 Å². The van der Waals surface area contributed by atoms with Crippen molar-refractivity contribution in [3.8, 4) is 11.3 Å². The molecular weight excluding hydrogens is 253 g/mol. The summed E-state index contributed by atoms with van der Waals surface area (Å²) in [7, 11) is 0. The molecule has 0 atom stereocenters. The van der Waals surface area contributed by atoms with Crippen molar-refractivity contribution >= 4 is 34.5 Å². The highest BCUT2D eigenvalue weighted by atomic mass is 35.5. The van der Waals surface area contributed by atoms with Crippen molar-refractivity contribution in [1.82, 2.24) is 4.98 Å². The lowest BCUT2D eigenvalue weighted by Crippen LogP contribution is -1.83. The number of rotatable bonds is 2. The fraction of sp³-hybridized carbons (Fsp3) is 0.100. The van der Waals surface area contributed by atoms with Crippen LogP contribution in [-0.2, 0) is 6.61 Å². The molecule has 1 aromatic heterocycles. The summed E-state index contributed by atoms with van der Waals surface area (Å²) in [5.74, 6) is 0. The van der Waals surface area contributed by atoms with E-state index < -0.39 is 0 Å². The Labute approximate surface area is 101 Å². The quantitative estimate of drug-likeness (QED) is 0.894. The van der Waals surface area contributed by atoms with Crippen LogP contribution in [0.5, 0.6) is 0 Å². The molecule has 5 heteroatoms. The van der Waals surface area contributed by atoms with E-state index in [1.807, 2.05) is 5.38 Å². The van der Waals surface area contributed by atoms with Crippen LogP contribution in [0.15, 0.2) is 23.6 Å². The van der Waals surface area contributed by atoms with Crippen molar-refractivity contribution in [3.63, 3.8) is 0 Å². The van der Waals surface area contributed by atoms with Crippen LogP contribution in [0.3, 0.4) is 0 Å². The Morgan fingerprint density at radius 2 is 2.13 bits per heavy atom. The minimum absolute atomic E-state index is 0.0527. The third kappa shape index (κ3) is 2.32. The van der Waals surface area contributed by atoms with Crippen LogP contribution in [0.4, 0.5) is 0 Å². The third-order valence-corrected chi connectivity index (χ3v) is 3.29. The summed E-state index contributed by atoms with van der Waals surface area (Å²) in [6, 6.07) is 5.23. The van der Waals surface area contributed by atoms with Gasteiger partial charge in [-0.3, -0.25) is 0 Å². The second kappa shape index (κ2) is 4.49. The van der Waals surface area contributed by atoms with Gasteiger partial charge in [0.2, 0.25) is 0 Å². The first kappa shape index (κ1) is 10.9. The molecule has 2 aromatic rings. The van der Waals surface area contributed by atoms with Gasteiger partial charge in [0.25, 0.3) is 0 Å². The number of aliphatic hydroxyl groups excluding tert-OH is 1. The first-order valence-corrected chi connectivity index (χ1v) is 5.85. The van der Waals surface area contributed by atoms with Crippen molar-refractivity contribution in [2.45, 2.75) is 6.61 Å². The molecule has 1 heterocycles. The summed E-state index contributed by atoms with van der Waals surface area (Å²) >= 11 is 13.3. The molecule has 0 bridgehead atoms. The van der Waals surface area contributed by atoms with Crippen LogP contribution >= 0.6 is 34.5 Å². The molecule has 0 aliphatic rings. The van der Waals surface area contributed by atoms with E-state index in [0.29, 0.717) is 15.1 Å². The smallest absolute Gasteiger partial charge is 0.119 e. The van der Waals surface area contributed by atoms with Crippen LogP contribution in [0.2, 0.25) is 10.0 Å². The number of benzene rings is 1.